The Morgan fingerprint density at radius 1 is 1.25 bits per heavy atom. The highest BCUT2D eigenvalue weighted by Gasteiger charge is 2.16. The van der Waals surface area contributed by atoms with Crippen molar-refractivity contribution in [2.45, 2.75) is 20.4 Å². The van der Waals surface area contributed by atoms with Crippen LogP contribution in [-0.2, 0) is 11.3 Å². The third-order valence-corrected chi connectivity index (χ3v) is 5.38. The summed E-state index contributed by atoms with van der Waals surface area (Å²) in [6.07, 6.45) is 0. The van der Waals surface area contributed by atoms with Crippen LogP contribution in [0.4, 0.5) is 10.8 Å². The standard InChI is InChI=1S/C19H19ClN4O2S2/c1-11-8-16(23-24(11)10-13-4-6-14(20)7-5-13)21-19(27)22-17-15(18(25)26-3)9-12(2)28-17/h4-9H,10H2,1-3H3,(H2,21,22,23,27). The van der Waals surface area contributed by atoms with E-state index in [-0.39, 0.29) is 0 Å². The van der Waals surface area contributed by atoms with Crippen molar-refractivity contribution in [3.05, 3.63) is 63.1 Å². The summed E-state index contributed by atoms with van der Waals surface area (Å²) in [6, 6.07) is 11.3. The Balaban J connectivity index is 1.68. The van der Waals surface area contributed by atoms with Crippen LogP contribution < -0.4 is 10.6 Å². The molecule has 3 aromatic rings. The molecular formula is C19H19ClN4O2S2. The molecule has 2 heterocycles. The van der Waals surface area contributed by atoms with Crippen molar-refractivity contribution in [1.82, 2.24) is 9.78 Å². The maximum Gasteiger partial charge on any atom is 0.340 e. The van der Waals surface area contributed by atoms with Crippen molar-refractivity contribution in [3.8, 4) is 0 Å². The number of methoxy groups -OCH3 is 1. The van der Waals surface area contributed by atoms with Gasteiger partial charge in [0.2, 0.25) is 0 Å². The number of anilines is 2. The van der Waals surface area contributed by atoms with Crippen LogP contribution in [0.25, 0.3) is 0 Å². The lowest BCUT2D eigenvalue weighted by Crippen LogP contribution is -2.20. The second kappa shape index (κ2) is 8.72. The summed E-state index contributed by atoms with van der Waals surface area (Å²) in [6.45, 7) is 4.52. The van der Waals surface area contributed by atoms with Crippen LogP contribution in [0.1, 0.15) is 26.5 Å². The van der Waals surface area contributed by atoms with Crippen LogP contribution in [0, 0.1) is 13.8 Å². The highest BCUT2D eigenvalue weighted by Crippen LogP contribution is 2.28. The van der Waals surface area contributed by atoms with E-state index in [1.165, 1.54) is 18.4 Å². The van der Waals surface area contributed by atoms with Crippen molar-refractivity contribution in [1.29, 1.82) is 0 Å². The zero-order valence-corrected chi connectivity index (χ0v) is 18.0. The molecule has 0 bridgehead atoms. The van der Waals surface area contributed by atoms with E-state index in [1.54, 1.807) is 6.07 Å². The molecule has 9 heteroatoms. The maximum atomic E-state index is 11.9. The lowest BCUT2D eigenvalue weighted by Gasteiger charge is -2.08. The molecule has 6 nitrogen and oxygen atoms in total. The predicted molar refractivity (Wildman–Crippen MR) is 118 cm³/mol. The van der Waals surface area contributed by atoms with Crippen LogP contribution in [0.2, 0.25) is 5.02 Å². The van der Waals surface area contributed by atoms with E-state index in [4.69, 9.17) is 28.6 Å². The van der Waals surface area contributed by atoms with Gasteiger partial charge < -0.3 is 15.4 Å². The van der Waals surface area contributed by atoms with E-state index in [0.717, 1.165) is 16.1 Å². The van der Waals surface area contributed by atoms with Crippen LogP contribution in [-0.4, -0.2) is 28.0 Å². The zero-order chi connectivity index (χ0) is 20.3. The number of ether oxygens (including phenoxy) is 1. The largest absolute Gasteiger partial charge is 0.465 e. The van der Waals surface area contributed by atoms with E-state index in [0.29, 0.717) is 33.1 Å². The summed E-state index contributed by atoms with van der Waals surface area (Å²) in [5, 5.41) is 12.4. The molecule has 0 unspecified atom stereocenters. The molecule has 0 radical (unpaired) electrons. The monoisotopic (exact) mass is 434 g/mol. The number of thiocarbonyl (C=S) groups is 1. The number of halogens is 1. The Kier molecular flexibility index (Phi) is 6.33. The van der Waals surface area contributed by atoms with Gasteiger partial charge in [-0.1, -0.05) is 23.7 Å². The quantitative estimate of drug-likeness (QED) is 0.441. The van der Waals surface area contributed by atoms with Gasteiger partial charge in [0, 0.05) is 21.7 Å². The highest BCUT2D eigenvalue weighted by atomic mass is 35.5. The normalized spacial score (nSPS) is 10.6. The second-order valence-corrected chi connectivity index (χ2v) is 8.23. The minimum Gasteiger partial charge on any atom is -0.465 e. The Bertz CT molecular complexity index is 1010. The van der Waals surface area contributed by atoms with Crippen molar-refractivity contribution in [2.75, 3.05) is 17.7 Å². The van der Waals surface area contributed by atoms with Crippen molar-refractivity contribution in [2.24, 2.45) is 0 Å². The highest BCUT2D eigenvalue weighted by molar-refractivity contribution is 7.80. The van der Waals surface area contributed by atoms with E-state index < -0.39 is 5.97 Å². The van der Waals surface area contributed by atoms with Crippen molar-refractivity contribution >= 4 is 57.1 Å². The average Bonchev–Trinajstić information content (AvgIpc) is 3.18. The number of benzene rings is 1. The number of nitrogens with one attached hydrogen (secondary N) is 2. The summed E-state index contributed by atoms with van der Waals surface area (Å²) in [5.74, 6) is 0.217. The lowest BCUT2D eigenvalue weighted by atomic mass is 10.2. The Morgan fingerprint density at radius 3 is 2.64 bits per heavy atom. The van der Waals surface area contributed by atoms with Crippen molar-refractivity contribution < 1.29 is 9.53 Å². The summed E-state index contributed by atoms with van der Waals surface area (Å²) >= 11 is 12.7. The first-order valence-corrected chi connectivity index (χ1v) is 10.0. The molecule has 0 aliphatic heterocycles. The first-order chi connectivity index (χ1) is 13.4. The van der Waals surface area contributed by atoms with Gasteiger partial charge in [0.15, 0.2) is 10.9 Å². The molecule has 3 rings (SSSR count). The molecule has 28 heavy (non-hydrogen) atoms. The first kappa shape index (κ1) is 20.3. The molecule has 0 saturated carbocycles. The molecule has 146 valence electrons. The molecule has 0 fully saturated rings. The summed E-state index contributed by atoms with van der Waals surface area (Å²) in [7, 11) is 1.35. The lowest BCUT2D eigenvalue weighted by molar-refractivity contribution is 0.0602. The van der Waals surface area contributed by atoms with Crippen LogP contribution in [0.3, 0.4) is 0 Å². The second-order valence-electron chi connectivity index (χ2n) is 6.13. The van der Waals surface area contributed by atoms with Gasteiger partial charge in [-0.15, -0.1) is 11.3 Å². The molecule has 0 spiro atoms. The molecule has 0 saturated heterocycles. The molecule has 2 aromatic heterocycles. The molecule has 0 atom stereocenters. The van der Waals surface area contributed by atoms with Gasteiger partial charge in [0.1, 0.15) is 5.00 Å². The first-order valence-electron chi connectivity index (χ1n) is 8.41. The molecule has 1 aromatic carbocycles. The summed E-state index contributed by atoms with van der Waals surface area (Å²) in [4.78, 5) is 12.9. The van der Waals surface area contributed by atoms with Gasteiger partial charge in [-0.05, 0) is 49.8 Å². The maximum absolute atomic E-state index is 11.9. The number of aryl methyl sites for hydroxylation is 2. The van der Waals surface area contributed by atoms with E-state index in [9.17, 15) is 4.79 Å². The fraction of sp³-hybridized carbons (Fsp3) is 0.211. The molecule has 0 amide bonds. The average molecular weight is 435 g/mol. The predicted octanol–water partition coefficient (Wildman–Crippen LogP) is 4.86. The van der Waals surface area contributed by atoms with E-state index >= 15 is 0 Å². The molecule has 2 N–H and O–H groups in total. The topological polar surface area (TPSA) is 68.2 Å². The molecule has 0 aliphatic rings. The number of nitrogens with zero attached hydrogens (tertiary/aromatic N) is 2. The number of aromatic nitrogens is 2. The van der Waals surface area contributed by atoms with Crippen LogP contribution in [0.5, 0.6) is 0 Å². The number of rotatable bonds is 5. The minimum absolute atomic E-state index is 0.350. The number of esters is 1. The minimum atomic E-state index is -0.405. The third kappa shape index (κ3) is 4.89. The van der Waals surface area contributed by atoms with Gasteiger partial charge in [-0.25, -0.2) is 4.79 Å². The third-order valence-electron chi connectivity index (χ3n) is 3.96. The van der Waals surface area contributed by atoms with Crippen LogP contribution in [0.15, 0.2) is 36.4 Å². The molecular weight excluding hydrogens is 416 g/mol. The van der Waals surface area contributed by atoms with Gasteiger partial charge >= 0.3 is 5.97 Å². The van der Waals surface area contributed by atoms with Crippen molar-refractivity contribution in [3.63, 3.8) is 0 Å². The number of carbonyl (C=O) groups excluding carboxylic acids is 1. The summed E-state index contributed by atoms with van der Waals surface area (Å²) in [5.41, 5.74) is 2.54. The number of hydrogen-bond donors (Lipinski definition) is 2. The SMILES string of the molecule is COC(=O)c1cc(C)sc1NC(=S)Nc1cc(C)n(Cc2ccc(Cl)cc2)n1. The Hall–Kier alpha value is -2.42. The fourth-order valence-corrected chi connectivity index (χ4v) is 3.91. The van der Waals surface area contributed by atoms with E-state index in [1.807, 2.05) is 48.9 Å². The fourth-order valence-electron chi connectivity index (χ4n) is 2.61. The number of thiophene rings is 1. The van der Waals surface area contributed by atoms with Gasteiger partial charge in [-0.2, -0.15) is 5.10 Å². The van der Waals surface area contributed by atoms with E-state index in [2.05, 4.69) is 15.7 Å². The Labute approximate surface area is 177 Å². The van der Waals surface area contributed by atoms with Gasteiger partial charge in [-0.3, -0.25) is 4.68 Å². The van der Waals surface area contributed by atoms with Gasteiger partial charge in [0.25, 0.3) is 0 Å². The number of carbonyl (C=O) groups is 1. The number of hydrogen-bond acceptors (Lipinski definition) is 5. The van der Waals surface area contributed by atoms with Crippen LogP contribution >= 0.6 is 35.2 Å². The smallest absolute Gasteiger partial charge is 0.340 e. The summed E-state index contributed by atoms with van der Waals surface area (Å²) < 4.78 is 6.69. The molecule has 0 aliphatic carbocycles. The zero-order valence-electron chi connectivity index (χ0n) is 15.6. The van der Waals surface area contributed by atoms with Gasteiger partial charge in [0.05, 0.1) is 19.2 Å². The Morgan fingerprint density at radius 2 is 1.96 bits per heavy atom.